The quantitative estimate of drug-likeness (QED) is 0.772. The number of Topliss-reactive ketones (excluding diaryl/α,β-unsaturated/α-hetero) is 1. The zero-order valence-corrected chi connectivity index (χ0v) is 9.84. The van der Waals surface area contributed by atoms with Gasteiger partial charge in [-0.25, -0.2) is 0 Å². The van der Waals surface area contributed by atoms with Crippen LogP contribution in [0.5, 0.6) is 0 Å². The molecule has 0 radical (unpaired) electrons. The molecular formula is C13H15NO3. The Hall–Kier alpha value is -1.70. The van der Waals surface area contributed by atoms with Crippen LogP contribution in [-0.2, 0) is 0 Å². The van der Waals surface area contributed by atoms with Gasteiger partial charge in [-0.1, -0.05) is 12.1 Å². The zero-order chi connectivity index (χ0) is 13.0. The first kappa shape index (κ1) is 13.4. The summed E-state index contributed by atoms with van der Waals surface area (Å²) in [6.45, 7) is 3.22. The average Bonchev–Trinajstić information content (AvgIpc) is 2.28. The van der Waals surface area contributed by atoms with Crippen LogP contribution in [0.25, 0.3) is 0 Å². The summed E-state index contributed by atoms with van der Waals surface area (Å²) in [5.41, 5.74) is 1.83. The molecule has 2 unspecified atom stereocenters. The lowest BCUT2D eigenvalue weighted by molar-refractivity contribution is 0.0212. The molecule has 0 heterocycles. The van der Waals surface area contributed by atoms with Gasteiger partial charge in [0.25, 0.3) is 0 Å². The van der Waals surface area contributed by atoms with Crippen LogP contribution < -0.4 is 0 Å². The van der Waals surface area contributed by atoms with E-state index in [2.05, 4.69) is 0 Å². The molecule has 2 atom stereocenters. The highest BCUT2D eigenvalue weighted by Gasteiger charge is 2.20. The van der Waals surface area contributed by atoms with Crippen molar-refractivity contribution < 1.29 is 15.0 Å². The molecule has 1 rings (SSSR count). The van der Waals surface area contributed by atoms with Crippen LogP contribution in [0.2, 0.25) is 0 Å². The number of carbonyl (C=O) groups excluding carboxylic acids is 1. The largest absolute Gasteiger partial charge is 0.389 e. The molecular weight excluding hydrogens is 218 g/mol. The Morgan fingerprint density at radius 1 is 1.47 bits per heavy atom. The molecule has 0 saturated heterocycles. The topological polar surface area (TPSA) is 81.3 Å². The van der Waals surface area contributed by atoms with E-state index in [0.29, 0.717) is 11.1 Å². The van der Waals surface area contributed by atoms with Gasteiger partial charge in [-0.15, -0.1) is 0 Å². The van der Waals surface area contributed by atoms with Crippen LogP contribution in [0.15, 0.2) is 18.2 Å². The highest BCUT2D eigenvalue weighted by atomic mass is 16.3. The van der Waals surface area contributed by atoms with Gasteiger partial charge in [0.1, 0.15) is 6.10 Å². The maximum atomic E-state index is 11.2. The van der Waals surface area contributed by atoms with Crippen molar-refractivity contribution in [3.05, 3.63) is 34.9 Å². The van der Waals surface area contributed by atoms with Crippen molar-refractivity contribution in [2.75, 3.05) is 0 Å². The number of benzene rings is 1. The molecule has 0 aliphatic carbocycles. The zero-order valence-electron chi connectivity index (χ0n) is 9.84. The van der Waals surface area contributed by atoms with Gasteiger partial charge in [-0.05, 0) is 31.0 Å². The fraction of sp³-hybridized carbons (Fsp3) is 0.385. The van der Waals surface area contributed by atoms with Gasteiger partial charge in [-0.3, -0.25) is 4.79 Å². The fourth-order valence-electron chi connectivity index (χ4n) is 1.64. The SMILES string of the molecule is CC(=O)c1ccc(C(O)C(O)CC#N)c(C)c1. The smallest absolute Gasteiger partial charge is 0.159 e. The van der Waals surface area contributed by atoms with Crippen molar-refractivity contribution in [3.8, 4) is 6.07 Å². The first-order valence-electron chi connectivity index (χ1n) is 5.32. The normalized spacial score (nSPS) is 13.8. The fourth-order valence-corrected chi connectivity index (χ4v) is 1.64. The molecule has 0 fully saturated rings. The minimum absolute atomic E-state index is 0.0493. The Labute approximate surface area is 100 Å². The summed E-state index contributed by atoms with van der Waals surface area (Å²) in [7, 11) is 0. The van der Waals surface area contributed by atoms with Crippen LogP contribution in [0.4, 0.5) is 0 Å². The van der Waals surface area contributed by atoms with Crippen molar-refractivity contribution in [1.29, 1.82) is 5.26 Å². The van der Waals surface area contributed by atoms with Gasteiger partial charge in [-0.2, -0.15) is 5.26 Å². The van der Waals surface area contributed by atoms with Crippen LogP contribution >= 0.6 is 0 Å². The monoisotopic (exact) mass is 233 g/mol. The van der Waals surface area contributed by atoms with Crippen molar-refractivity contribution in [2.24, 2.45) is 0 Å². The van der Waals surface area contributed by atoms with Crippen LogP contribution in [0.3, 0.4) is 0 Å². The number of rotatable bonds is 4. The number of nitriles is 1. The van der Waals surface area contributed by atoms with E-state index in [4.69, 9.17) is 5.26 Å². The molecule has 4 heteroatoms. The Bertz CT molecular complexity index is 462. The number of carbonyl (C=O) groups is 1. The average molecular weight is 233 g/mol. The van der Waals surface area contributed by atoms with Crippen molar-refractivity contribution in [2.45, 2.75) is 32.5 Å². The van der Waals surface area contributed by atoms with Gasteiger partial charge in [0.15, 0.2) is 5.78 Å². The minimum Gasteiger partial charge on any atom is -0.389 e. The Morgan fingerprint density at radius 3 is 2.59 bits per heavy atom. The number of hydrogen-bond acceptors (Lipinski definition) is 4. The third-order valence-corrected chi connectivity index (χ3v) is 2.66. The van der Waals surface area contributed by atoms with Gasteiger partial charge in [0.05, 0.1) is 18.6 Å². The maximum Gasteiger partial charge on any atom is 0.159 e. The maximum absolute atomic E-state index is 11.2. The summed E-state index contributed by atoms with van der Waals surface area (Å²) in [5, 5.41) is 27.8. The van der Waals surface area contributed by atoms with E-state index in [1.807, 2.05) is 0 Å². The molecule has 17 heavy (non-hydrogen) atoms. The van der Waals surface area contributed by atoms with Gasteiger partial charge in [0, 0.05) is 5.56 Å². The lowest BCUT2D eigenvalue weighted by Gasteiger charge is -2.18. The molecule has 0 aliphatic heterocycles. The number of aryl methyl sites for hydroxylation is 1. The second-order valence-corrected chi connectivity index (χ2v) is 4.00. The molecule has 0 spiro atoms. The lowest BCUT2D eigenvalue weighted by atomic mass is 9.95. The molecule has 1 aromatic carbocycles. The highest BCUT2D eigenvalue weighted by molar-refractivity contribution is 5.94. The summed E-state index contributed by atoms with van der Waals surface area (Å²) in [5.74, 6) is -0.0493. The summed E-state index contributed by atoms with van der Waals surface area (Å²) < 4.78 is 0. The third-order valence-electron chi connectivity index (χ3n) is 2.66. The van der Waals surface area contributed by atoms with Crippen molar-refractivity contribution >= 4 is 5.78 Å². The standard InChI is InChI=1S/C13H15NO3/c1-8-7-10(9(2)15)3-4-11(8)13(17)12(16)5-6-14/h3-4,7,12-13,16-17H,5H2,1-2H3. The number of aliphatic hydroxyl groups excluding tert-OH is 2. The summed E-state index contributed by atoms with van der Waals surface area (Å²) in [6, 6.07) is 6.68. The van der Waals surface area contributed by atoms with Crippen molar-refractivity contribution in [1.82, 2.24) is 0 Å². The molecule has 0 bridgehead atoms. The third kappa shape index (κ3) is 3.13. The molecule has 2 N–H and O–H groups in total. The molecule has 0 aliphatic rings. The van der Waals surface area contributed by atoms with Gasteiger partial charge in [0.2, 0.25) is 0 Å². The van der Waals surface area contributed by atoms with E-state index in [0.717, 1.165) is 5.56 Å². The Balaban J connectivity index is 3.00. The molecule has 0 aromatic heterocycles. The Kier molecular flexibility index (Phi) is 4.38. The number of nitrogens with zero attached hydrogens (tertiary/aromatic N) is 1. The second-order valence-electron chi connectivity index (χ2n) is 4.00. The predicted molar refractivity (Wildman–Crippen MR) is 62.4 cm³/mol. The molecule has 4 nitrogen and oxygen atoms in total. The molecule has 0 amide bonds. The molecule has 0 saturated carbocycles. The Morgan fingerprint density at radius 2 is 2.12 bits per heavy atom. The number of aliphatic hydroxyl groups is 2. The van der Waals surface area contributed by atoms with E-state index in [1.54, 1.807) is 31.2 Å². The predicted octanol–water partition coefficient (Wildman–Crippen LogP) is 1.51. The van der Waals surface area contributed by atoms with E-state index in [9.17, 15) is 15.0 Å². The van der Waals surface area contributed by atoms with E-state index in [-0.39, 0.29) is 12.2 Å². The van der Waals surface area contributed by atoms with E-state index in [1.165, 1.54) is 6.92 Å². The van der Waals surface area contributed by atoms with E-state index >= 15 is 0 Å². The van der Waals surface area contributed by atoms with E-state index < -0.39 is 12.2 Å². The van der Waals surface area contributed by atoms with Gasteiger partial charge < -0.3 is 10.2 Å². The summed E-state index contributed by atoms with van der Waals surface area (Å²) >= 11 is 0. The number of hydrogen-bond donors (Lipinski definition) is 2. The minimum atomic E-state index is -1.11. The lowest BCUT2D eigenvalue weighted by Crippen LogP contribution is -2.18. The van der Waals surface area contributed by atoms with Gasteiger partial charge >= 0.3 is 0 Å². The summed E-state index contributed by atoms with van der Waals surface area (Å²) in [4.78, 5) is 11.2. The molecule has 90 valence electrons. The van der Waals surface area contributed by atoms with Crippen LogP contribution in [0.1, 0.15) is 40.9 Å². The molecule has 1 aromatic rings. The van der Waals surface area contributed by atoms with Crippen molar-refractivity contribution in [3.63, 3.8) is 0 Å². The summed E-state index contributed by atoms with van der Waals surface area (Å²) in [6.07, 6.45) is -2.34. The first-order chi connectivity index (χ1) is 7.97. The van der Waals surface area contributed by atoms with Crippen LogP contribution in [-0.4, -0.2) is 22.1 Å². The number of ketones is 1. The highest BCUT2D eigenvalue weighted by Crippen LogP contribution is 2.23. The van der Waals surface area contributed by atoms with Crippen LogP contribution in [0, 0.1) is 18.3 Å². The first-order valence-corrected chi connectivity index (χ1v) is 5.32. The second kappa shape index (κ2) is 5.58.